The molecule has 3 aromatic carbocycles. The molecule has 4 aromatic rings. The highest BCUT2D eigenvalue weighted by Gasteiger charge is 2.22. The van der Waals surface area contributed by atoms with Gasteiger partial charge in [-0.2, -0.15) is 0 Å². The first-order chi connectivity index (χ1) is 20.6. The molecule has 1 aliphatic rings. The fraction of sp³-hybridized carbons (Fsp3) is 0.300. The number of nitrogens with one attached hydrogen (secondary N) is 1. The van der Waals surface area contributed by atoms with Crippen LogP contribution < -0.4 is 18.9 Å². The second-order valence-electron chi connectivity index (χ2n) is 10.1. The van der Waals surface area contributed by atoms with Crippen molar-refractivity contribution in [3.05, 3.63) is 76.7 Å². The number of anilines is 1. The van der Waals surface area contributed by atoms with Crippen LogP contribution in [0.4, 0.5) is 10.1 Å². The second kappa shape index (κ2) is 13.5. The lowest BCUT2D eigenvalue weighted by atomic mass is 10.1. The van der Waals surface area contributed by atoms with E-state index in [-0.39, 0.29) is 26.4 Å². The summed E-state index contributed by atoms with van der Waals surface area (Å²) >= 11 is 12.1. The van der Waals surface area contributed by atoms with Crippen LogP contribution in [0.5, 0.6) is 23.0 Å². The first-order valence-corrected chi connectivity index (χ1v) is 15.8. The number of sulfonamides is 1. The molecule has 0 spiro atoms. The van der Waals surface area contributed by atoms with E-state index < -0.39 is 15.8 Å². The maximum absolute atomic E-state index is 15.1. The first-order valence-electron chi connectivity index (χ1n) is 13.6. The number of likely N-dealkylation sites (N-methyl/N-ethyl adjacent to an activating group) is 1. The van der Waals surface area contributed by atoms with Crippen LogP contribution >= 0.6 is 23.2 Å². The summed E-state index contributed by atoms with van der Waals surface area (Å²) in [5, 5.41) is 0.473. The molecule has 0 saturated carbocycles. The maximum atomic E-state index is 15.1. The van der Waals surface area contributed by atoms with Crippen LogP contribution in [0, 0.1) is 5.82 Å². The van der Waals surface area contributed by atoms with Crippen molar-refractivity contribution in [3.63, 3.8) is 0 Å². The molecule has 0 amide bonds. The number of benzene rings is 3. The molecule has 0 aliphatic carbocycles. The number of ether oxygens (including phenoxy) is 3. The van der Waals surface area contributed by atoms with Gasteiger partial charge in [0.1, 0.15) is 10.6 Å². The number of aromatic nitrogens is 1. The Balaban J connectivity index is 1.29. The van der Waals surface area contributed by atoms with Gasteiger partial charge >= 0.3 is 0 Å². The minimum Gasteiger partial charge on any atom is -0.493 e. The van der Waals surface area contributed by atoms with Gasteiger partial charge in [-0.15, -0.1) is 0 Å². The highest BCUT2D eigenvalue weighted by Crippen LogP contribution is 2.38. The summed E-state index contributed by atoms with van der Waals surface area (Å²) in [5.41, 5.74) is 0.547. The van der Waals surface area contributed by atoms with Crippen molar-refractivity contribution in [3.8, 4) is 23.0 Å². The smallest absolute Gasteiger partial charge is 0.264 e. The zero-order valence-electron chi connectivity index (χ0n) is 23.6. The molecule has 1 saturated heterocycles. The van der Waals surface area contributed by atoms with E-state index in [0.29, 0.717) is 34.8 Å². The average molecular weight is 650 g/mol. The van der Waals surface area contributed by atoms with Gasteiger partial charge in [-0.1, -0.05) is 29.3 Å². The minimum atomic E-state index is -4.18. The number of pyridine rings is 1. The summed E-state index contributed by atoms with van der Waals surface area (Å²) in [6.45, 7) is 5.73. The summed E-state index contributed by atoms with van der Waals surface area (Å²) in [6.07, 6.45) is 2.42. The zero-order valence-corrected chi connectivity index (χ0v) is 26.0. The summed E-state index contributed by atoms with van der Waals surface area (Å²) in [7, 11) is -0.498. The standard InChI is InChI=1S/C30H31Cl2FN4O5S/c1-36-12-14-37(15-13-36)11-4-16-41-29-19-25-21(18-28(29)40-2)26(9-10-34-25)42-27-8-7-20(17-24(27)33)35-43(38,39)30-22(31)5-3-6-23(30)32/h3,5-10,17-19,35H,4,11-16H2,1-2H3. The number of methoxy groups -OCH3 is 1. The Morgan fingerprint density at radius 2 is 1.70 bits per heavy atom. The number of rotatable bonds is 11. The summed E-state index contributed by atoms with van der Waals surface area (Å²) in [6, 6.07) is 13.1. The summed E-state index contributed by atoms with van der Waals surface area (Å²) in [4.78, 5) is 8.89. The van der Waals surface area contributed by atoms with E-state index in [4.69, 9.17) is 37.4 Å². The molecule has 0 unspecified atom stereocenters. The SMILES string of the molecule is COc1cc2c(Oc3ccc(NS(=O)(=O)c4c(Cl)cccc4Cl)cc3F)ccnc2cc1OCCCN1CCN(C)CC1. The highest BCUT2D eigenvalue weighted by atomic mass is 35.5. The van der Waals surface area contributed by atoms with E-state index in [1.807, 2.05) is 0 Å². The number of nitrogens with zero attached hydrogens (tertiary/aromatic N) is 3. The van der Waals surface area contributed by atoms with Crippen LogP contribution in [0.2, 0.25) is 10.0 Å². The molecule has 1 aromatic heterocycles. The van der Waals surface area contributed by atoms with Gasteiger partial charge in [0.15, 0.2) is 23.1 Å². The third-order valence-corrected chi connectivity index (χ3v) is 9.39. The summed E-state index contributed by atoms with van der Waals surface area (Å²) < 4.78 is 60.7. The van der Waals surface area contributed by atoms with Gasteiger partial charge in [0, 0.05) is 56.4 Å². The predicted molar refractivity (Wildman–Crippen MR) is 166 cm³/mol. The van der Waals surface area contributed by atoms with Crippen molar-refractivity contribution in [2.24, 2.45) is 0 Å². The molecule has 43 heavy (non-hydrogen) atoms. The van der Waals surface area contributed by atoms with E-state index >= 15 is 4.39 Å². The number of hydrogen-bond donors (Lipinski definition) is 1. The molecule has 0 atom stereocenters. The lowest BCUT2D eigenvalue weighted by molar-refractivity contribution is 0.145. The van der Waals surface area contributed by atoms with Gasteiger partial charge in [0.2, 0.25) is 0 Å². The molecule has 228 valence electrons. The molecule has 1 aliphatic heterocycles. The molecule has 0 radical (unpaired) electrons. The van der Waals surface area contributed by atoms with E-state index in [1.165, 1.54) is 30.3 Å². The third-order valence-electron chi connectivity index (χ3n) is 7.05. The van der Waals surface area contributed by atoms with Gasteiger partial charge < -0.3 is 24.0 Å². The van der Waals surface area contributed by atoms with Crippen molar-refractivity contribution in [1.82, 2.24) is 14.8 Å². The van der Waals surface area contributed by atoms with E-state index in [0.717, 1.165) is 45.2 Å². The Labute approximate surface area is 260 Å². The predicted octanol–water partition coefficient (Wildman–Crippen LogP) is 6.30. The molecular weight excluding hydrogens is 618 g/mol. The van der Waals surface area contributed by atoms with Gasteiger partial charge in [-0.3, -0.25) is 9.71 Å². The van der Waals surface area contributed by atoms with Gasteiger partial charge in [-0.05, 0) is 49.9 Å². The van der Waals surface area contributed by atoms with Crippen molar-refractivity contribution < 1.29 is 27.0 Å². The molecule has 2 heterocycles. The van der Waals surface area contributed by atoms with Crippen molar-refractivity contribution in [1.29, 1.82) is 0 Å². The summed E-state index contributed by atoms with van der Waals surface area (Å²) in [5.74, 6) is 0.477. The lowest BCUT2D eigenvalue weighted by Crippen LogP contribution is -2.44. The minimum absolute atomic E-state index is 0.0310. The van der Waals surface area contributed by atoms with Gasteiger partial charge in [0.25, 0.3) is 10.0 Å². The molecule has 5 rings (SSSR count). The number of hydrogen-bond acceptors (Lipinski definition) is 8. The van der Waals surface area contributed by atoms with Crippen molar-refractivity contribution in [2.45, 2.75) is 11.3 Å². The molecule has 13 heteroatoms. The second-order valence-corrected chi connectivity index (χ2v) is 12.5. The van der Waals surface area contributed by atoms with Crippen LogP contribution in [0.25, 0.3) is 10.9 Å². The Morgan fingerprint density at radius 1 is 0.953 bits per heavy atom. The monoisotopic (exact) mass is 648 g/mol. The number of fused-ring (bicyclic) bond motifs is 1. The quantitative estimate of drug-likeness (QED) is 0.190. The van der Waals surface area contributed by atoms with Crippen LogP contribution in [-0.2, 0) is 10.0 Å². The number of halogens is 3. The third kappa shape index (κ3) is 7.42. The maximum Gasteiger partial charge on any atom is 0.264 e. The zero-order chi connectivity index (χ0) is 30.6. The van der Waals surface area contributed by atoms with Crippen LogP contribution in [0.3, 0.4) is 0 Å². The van der Waals surface area contributed by atoms with E-state index in [9.17, 15) is 8.42 Å². The molecule has 1 fully saturated rings. The van der Waals surface area contributed by atoms with Crippen molar-refractivity contribution >= 4 is 49.8 Å². The molecule has 9 nitrogen and oxygen atoms in total. The molecule has 0 bridgehead atoms. The Morgan fingerprint density at radius 3 is 2.40 bits per heavy atom. The fourth-order valence-corrected chi connectivity index (χ4v) is 6.94. The first kappa shape index (κ1) is 31.1. The topological polar surface area (TPSA) is 93.2 Å². The van der Waals surface area contributed by atoms with Crippen molar-refractivity contribution in [2.75, 3.05) is 58.2 Å². The number of piperazine rings is 1. The van der Waals surface area contributed by atoms with Crippen LogP contribution in [0.1, 0.15) is 6.42 Å². The van der Waals surface area contributed by atoms with Gasteiger partial charge in [-0.25, -0.2) is 12.8 Å². The van der Waals surface area contributed by atoms with Gasteiger partial charge in [0.05, 0.1) is 35.0 Å². The van der Waals surface area contributed by atoms with E-state index in [2.05, 4.69) is 26.6 Å². The van der Waals surface area contributed by atoms with Crippen LogP contribution in [-0.4, -0.2) is 76.7 Å². The highest BCUT2D eigenvalue weighted by molar-refractivity contribution is 7.93. The Bertz CT molecular complexity index is 1700. The Hall–Kier alpha value is -3.35. The fourth-order valence-electron chi connectivity index (χ4n) is 4.74. The Kier molecular flexibility index (Phi) is 9.78. The largest absolute Gasteiger partial charge is 0.493 e. The molecular formula is C30H31Cl2FN4O5S. The average Bonchev–Trinajstić information content (AvgIpc) is 2.97. The van der Waals surface area contributed by atoms with E-state index in [1.54, 1.807) is 31.5 Å². The molecule has 1 N–H and O–H groups in total. The van der Waals surface area contributed by atoms with Crippen LogP contribution in [0.15, 0.2) is 65.7 Å². The normalized spacial score (nSPS) is 14.5. The lowest BCUT2D eigenvalue weighted by Gasteiger charge is -2.32.